The molecule has 0 radical (unpaired) electrons. The lowest BCUT2D eigenvalue weighted by atomic mass is 9.93. The maximum atomic E-state index is 13.8. The SMILES string of the molecule is CC1=C(C(=O)Nc2ccc(C)cc2C)[C@H](c2ccc(Cl)cc2)N2C(CC(=O)NCC(C)C)=CSC2=N1. The maximum Gasteiger partial charge on any atom is 0.255 e. The van der Waals surface area contributed by atoms with Crippen LogP contribution in [0.15, 0.2) is 69.8 Å². The molecule has 0 aromatic heterocycles. The third-order valence-corrected chi connectivity index (χ3v) is 7.25. The van der Waals surface area contributed by atoms with Crippen molar-refractivity contribution in [3.8, 4) is 0 Å². The van der Waals surface area contributed by atoms with Crippen LogP contribution in [0.2, 0.25) is 5.02 Å². The molecular weight excluding hydrogens is 492 g/mol. The monoisotopic (exact) mass is 522 g/mol. The Morgan fingerprint density at radius 3 is 2.50 bits per heavy atom. The smallest absolute Gasteiger partial charge is 0.255 e. The number of amides is 2. The van der Waals surface area contributed by atoms with Crippen LogP contribution in [-0.4, -0.2) is 28.4 Å². The zero-order chi connectivity index (χ0) is 26.0. The van der Waals surface area contributed by atoms with Gasteiger partial charge >= 0.3 is 0 Å². The average Bonchev–Trinajstić information content (AvgIpc) is 3.21. The zero-order valence-electron chi connectivity index (χ0n) is 21.2. The highest BCUT2D eigenvalue weighted by Gasteiger charge is 2.40. The number of carbonyl (C=O) groups excluding carboxylic acids is 2. The maximum absolute atomic E-state index is 13.8. The molecule has 0 unspecified atom stereocenters. The Morgan fingerprint density at radius 2 is 1.83 bits per heavy atom. The number of amidine groups is 1. The Hall–Kier alpha value is -3.03. The molecule has 6 nitrogen and oxygen atoms in total. The van der Waals surface area contributed by atoms with Gasteiger partial charge in [0.2, 0.25) is 5.91 Å². The van der Waals surface area contributed by atoms with E-state index in [-0.39, 0.29) is 18.2 Å². The Morgan fingerprint density at radius 1 is 1.11 bits per heavy atom. The molecule has 2 aromatic carbocycles. The molecule has 36 heavy (non-hydrogen) atoms. The van der Waals surface area contributed by atoms with Gasteiger partial charge in [-0.15, -0.1) is 0 Å². The first-order chi connectivity index (χ1) is 17.1. The Labute approximate surface area is 221 Å². The molecule has 0 spiro atoms. The summed E-state index contributed by atoms with van der Waals surface area (Å²) in [7, 11) is 0. The Balaban J connectivity index is 1.70. The van der Waals surface area contributed by atoms with Crippen molar-refractivity contribution in [2.24, 2.45) is 10.9 Å². The first kappa shape index (κ1) is 26.0. The second-order valence-corrected chi connectivity index (χ2v) is 10.9. The van der Waals surface area contributed by atoms with Crippen LogP contribution in [0.3, 0.4) is 0 Å². The van der Waals surface area contributed by atoms with Crippen molar-refractivity contribution in [1.82, 2.24) is 10.2 Å². The number of hydrogen-bond donors (Lipinski definition) is 2. The Kier molecular flexibility index (Phi) is 7.91. The van der Waals surface area contributed by atoms with Crippen LogP contribution < -0.4 is 10.6 Å². The second kappa shape index (κ2) is 10.9. The molecule has 1 atom stereocenters. The van der Waals surface area contributed by atoms with E-state index in [1.54, 1.807) is 0 Å². The molecule has 2 aromatic rings. The predicted octanol–water partition coefficient (Wildman–Crippen LogP) is 6.33. The quantitative estimate of drug-likeness (QED) is 0.445. The number of thioether (sulfide) groups is 1. The van der Waals surface area contributed by atoms with Crippen LogP contribution in [0.5, 0.6) is 0 Å². The summed E-state index contributed by atoms with van der Waals surface area (Å²) >= 11 is 7.66. The molecule has 2 heterocycles. The van der Waals surface area contributed by atoms with E-state index in [2.05, 4.69) is 24.5 Å². The van der Waals surface area contributed by atoms with E-state index in [0.717, 1.165) is 33.2 Å². The van der Waals surface area contributed by atoms with Gasteiger partial charge in [-0.1, -0.05) is 67.0 Å². The lowest BCUT2D eigenvalue weighted by Crippen LogP contribution is -2.39. The molecule has 0 saturated heterocycles. The van der Waals surface area contributed by atoms with E-state index in [9.17, 15) is 9.59 Å². The number of allylic oxidation sites excluding steroid dienone is 1. The lowest BCUT2D eigenvalue weighted by molar-refractivity contribution is -0.120. The highest BCUT2D eigenvalue weighted by atomic mass is 35.5. The minimum atomic E-state index is -0.445. The first-order valence-corrected chi connectivity index (χ1v) is 13.2. The number of nitrogens with zero attached hydrogens (tertiary/aromatic N) is 2. The molecule has 2 aliphatic rings. The fourth-order valence-corrected chi connectivity index (χ4v) is 5.40. The summed E-state index contributed by atoms with van der Waals surface area (Å²) in [6.45, 7) is 10.6. The summed E-state index contributed by atoms with van der Waals surface area (Å²) in [5.74, 6) is 0.0860. The first-order valence-electron chi connectivity index (χ1n) is 12.0. The number of rotatable bonds is 7. The molecule has 2 N–H and O–H groups in total. The van der Waals surface area contributed by atoms with Crippen molar-refractivity contribution < 1.29 is 9.59 Å². The molecule has 4 rings (SSSR count). The van der Waals surface area contributed by atoms with Crippen LogP contribution in [0.1, 0.15) is 49.9 Å². The summed E-state index contributed by atoms with van der Waals surface area (Å²) in [6.07, 6.45) is 0.202. The minimum Gasteiger partial charge on any atom is -0.356 e. The van der Waals surface area contributed by atoms with Gasteiger partial charge < -0.3 is 15.5 Å². The number of nitrogens with one attached hydrogen (secondary N) is 2. The van der Waals surface area contributed by atoms with Crippen molar-refractivity contribution in [3.05, 3.63) is 86.6 Å². The molecular formula is C28H31ClN4O2S. The third-order valence-electron chi connectivity index (χ3n) is 6.11. The normalized spacial score (nSPS) is 17.1. The van der Waals surface area contributed by atoms with Gasteiger partial charge in [0.05, 0.1) is 23.7 Å². The van der Waals surface area contributed by atoms with Crippen molar-refractivity contribution in [2.45, 2.75) is 47.1 Å². The lowest BCUT2D eigenvalue weighted by Gasteiger charge is -2.36. The summed E-state index contributed by atoms with van der Waals surface area (Å²) in [5, 5.41) is 9.40. The van der Waals surface area contributed by atoms with Gasteiger partial charge in [0.1, 0.15) is 0 Å². The molecule has 188 valence electrons. The highest BCUT2D eigenvalue weighted by molar-refractivity contribution is 8.16. The van der Waals surface area contributed by atoms with Gasteiger partial charge in [-0.05, 0) is 61.4 Å². The number of benzene rings is 2. The van der Waals surface area contributed by atoms with Gasteiger partial charge in [-0.25, -0.2) is 4.99 Å². The second-order valence-electron chi connectivity index (χ2n) is 9.59. The van der Waals surface area contributed by atoms with E-state index >= 15 is 0 Å². The topological polar surface area (TPSA) is 73.8 Å². The average molecular weight is 523 g/mol. The van der Waals surface area contributed by atoms with Crippen molar-refractivity contribution in [1.29, 1.82) is 0 Å². The molecule has 8 heteroatoms. The van der Waals surface area contributed by atoms with Crippen molar-refractivity contribution in [3.63, 3.8) is 0 Å². The largest absolute Gasteiger partial charge is 0.356 e. The predicted molar refractivity (Wildman–Crippen MR) is 149 cm³/mol. The van der Waals surface area contributed by atoms with Crippen LogP contribution in [0, 0.1) is 19.8 Å². The summed E-state index contributed by atoms with van der Waals surface area (Å²) < 4.78 is 0. The summed E-state index contributed by atoms with van der Waals surface area (Å²) in [4.78, 5) is 33.3. The fraction of sp³-hybridized carbons (Fsp3) is 0.321. The molecule has 2 aliphatic heterocycles. The molecule has 0 fully saturated rings. The summed E-state index contributed by atoms with van der Waals surface area (Å²) in [5.41, 5.74) is 5.77. The number of carbonyl (C=O) groups is 2. The van der Waals surface area contributed by atoms with E-state index in [4.69, 9.17) is 16.6 Å². The van der Waals surface area contributed by atoms with Gasteiger partial charge in [0.15, 0.2) is 5.17 Å². The fourth-order valence-electron chi connectivity index (χ4n) is 4.31. The van der Waals surface area contributed by atoms with E-state index in [0.29, 0.717) is 28.8 Å². The molecule has 0 bridgehead atoms. The third kappa shape index (κ3) is 5.68. The zero-order valence-corrected chi connectivity index (χ0v) is 22.8. The Bertz CT molecular complexity index is 1280. The molecule has 2 amide bonds. The molecule has 0 aliphatic carbocycles. The number of aliphatic imine (C=N–C) groups is 1. The number of hydrogen-bond acceptors (Lipinski definition) is 5. The minimum absolute atomic E-state index is 0.0563. The summed E-state index contributed by atoms with van der Waals surface area (Å²) in [6, 6.07) is 13.0. The van der Waals surface area contributed by atoms with Crippen LogP contribution >= 0.6 is 23.4 Å². The van der Waals surface area contributed by atoms with Crippen molar-refractivity contribution in [2.75, 3.05) is 11.9 Å². The van der Waals surface area contributed by atoms with E-state index in [1.807, 2.05) is 73.5 Å². The van der Waals surface area contributed by atoms with Crippen LogP contribution in [-0.2, 0) is 9.59 Å². The van der Waals surface area contributed by atoms with E-state index < -0.39 is 6.04 Å². The van der Waals surface area contributed by atoms with Gasteiger partial charge in [0, 0.05) is 23.0 Å². The van der Waals surface area contributed by atoms with Crippen molar-refractivity contribution >= 4 is 46.0 Å². The number of aryl methyl sites for hydroxylation is 2. The standard InChI is InChI=1S/C28H31ClN4O2S/c1-16(2)14-30-24(34)13-22-15-36-28-31-19(5)25(26(33(22)28)20-7-9-21(29)10-8-20)27(35)32-23-11-6-17(3)12-18(23)4/h6-12,15-16,26H,13-14H2,1-5H3,(H,30,34)(H,32,35)/t26-/m0/s1. The number of halogens is 1. The van der Waals surface area contributed by atoms with Gasteiger partial charge in [0.25, 0.3) is 5.91 Å². The highest BCUT2D eigenvalue weighted by Crippen LogP contribution is 2.45. The van der Waals surface area contributed by atoms with E-state index in [1.165, 1.54) is 11.8 Å². The number of fused-ring (bicyclic) bond motifs is 1. The van der Waals surface area contributed by atoms with Crippen LogP contribution in [0.25, 0.3) is 0 Å². The molecule has 0 saturated carbocycles. The number of anilines is 1. The van der Waals surface area contributed by atoms with Crippen LogP contribution in [0.4, 0.5) is 5.69 Å². The van der Waals surface area contributed by atoms with Gasteiger partial charge in [-0.2, -0.15) is 0 Å². The van der Waals surface area contributed by atoms with Gasteiger partial charge in [-0.3, -0.25) is 9.59 Å².